The van der Waals surface area contributed by atoms with Crippen molar-refractivity contribution in [3.63, 3.8) is 0 Å². The van der Waals surface area contributed by atoms with Crippen LogP contribution < -0.4 is 5.56 Å². The van der Waals surface area contributed by atoms with E-state index in [2.05, 4.69) is 9.97 Å². The Morgan fingerprint density at radius 2 is 1.85 bits per heavy atom. The first-order valence-electron chi connectivity index (χ1n) is 10.3. The molecule has 6 nitrogen and oxygen atoms in total. The Morgan fingerprint density at radius 3 is 2.52 bits per heavy atom. The second-order valence-electron chi connectivity index (χ2n) is 7.88. The highest BCUT2D eigenvalue weighted by Gasteiger charge is 2.21. The van der Waals surface area contributed by atoms with Crippen molar-refractivity contribution in [2.24, 2.45) is 0 Å². The number of hydrogen-bond donors (Lipinski definition) is 1. The van der Waals surface area contributed by atoms with Crippen molar-refractivity contribution in [3.05, 3.63) is 85.9 Å². The minimum Gasteiger partial charge on any atom is -0.355 e. The van der Waals surface area contributed by atoms with E-state index >= 15 is 0 Å². The van der Waals surface area contributed by atoms with E-state index in [1.807, 2.05) is 31.2 Å². The SMILES string of the molecule is CC(=O)c1c(C)[nH]c(C(=O)CSc2nc3cc(Cl)ccc3c(=O)n2-c2ccccc2C)c1C. The molecule has 0 aliphatic rings. The van der Waals surface area contributed by atoms with Crippen molar-refractivity contribution in [1.82, 2.24) is 14.5 Å². The average molecular weight is 480 g/mol. The third kappa shape index (κ3) is 4.26. The fourth-order valence-corrected chi connectivity index (χ4v) is 5.07. The maximum atomic E-state index is 13.4. The highest BCUT2D eigenvalue weighted by Crippen LogP contribution is 2.26. The average Bonchev–Trinajstić information content (AvgIpc) is 3.07. The predicted octanol–water partition coefficient (Wildman–Crippen LogP) is 5.47. The van der Waals surface area contributed by atoms with E-state index in [0.717, 1.165) is 5.56 Å². The van der Waals surface area contributed by atoms with Crippen molar-refractivity contribution < 1.29 is 9.59 Å². The number of ketones is 2. The van der Waals surface area contributed by atoms with Gasteiger partial charge in [-0.15, -0.1) is 0 Å². The number of carbonyl (C=O) groups is 2. The summed E-state index contributed by atoms with van der Waals surface area (Å²) in [6, 6.07) is 12.5. The van der Waals surface area contributed by atoms with E-state index in [9.17, 15) is 14.4 Å². The Morgan fingerprint density at radius 1 is 1.12 bits per heavy atom. The van der Waals surface area contributed by atoms with Gasteiger partial charge in [0, 0.05) is 16.3 Å². The van der Waals surface area contributed by atoms with Gasteiger partial charge in [0.1, 0.15) is 0 Å². The first kappa shape index (κ1) is 23.0. The summed E-state index contributed by atoms with van der Waals surface area (Å²) >= 11 is 7.31. The Bertz CT molecular complexity index is 1490. The molecular weight excluding hydrogens is 458 g/mol. The van der Waals surface area contributed by atoms with Crippen molar-refractivity contribution in [3.8, 4) is 5.69 Å². The third-order valence-corrected chi connectivity index (χ3v) is 6.73. The molecule has 0 aliphatic heterocycles. The number of fused-ring (bicyclic) bond motifs is 1. The molecule has 2 aromatic carbocycles. The number of para-hydroxylation sites is 1. The van der Waals surface area contributed by atoms with Crippen LogP contribution in [0, 0.1) is 20.8 Å². The highest BCUT2D eigenvalue weighted by atomic mass is 35.5. The summed E-state index contributed by atoms with van der Waals surface area (Å²) < 4.78 is 1.54. The maximum absolute atomic E-state index is 13.4. The summed E-state index contributed by atoms with van der Waals surface area (Å²) in [6.45, 7) is 6.94. The van der Waals surface area contributed by atoms with Gasteiger partial charge in [0.15, 0.2) is 16.7 Å². The minimum absolute atomic E-state index is 0.0442. The molecule has 0 aliphatic carbocycles. The normalized spacial score (nSPS) is 11.2. The van der Waals surface area contributed by atoms with Gasteiger partial charge in [-0.2, -0.15) is 0 Å². The van der Waals surface area contributed by atoms with Gasteiger partial charge in [-0.25, -0.2) is 4.98 Å². The monoisotopic (exact) mass is 479 g/mol. The van der Waals surface area contributed by atoms with E-state index in [4.69, 9.17) is 11.6 Å². The number of benzene rings is 2. The van der Waals surface area contributed by atoms with Crippen molar-refractivity contribution in [2.75, 3.05) is 5.75 Å². The van der Waals surface area contributed by atoms with Gasteiger partial charge in [-0.1, -0.05) is 41.6 Å². The highest BCUT2D eigenvalue weighted by molar-refractivity contribution is 7.99. The zero-order valence-electron chi connectivity index (χ0n) is 18.7. The lowest BCUT2D eigenvalue weighted by Crippen LogP contribution is -2.23. The summed E-state index contributed by atoms with van der Waals surface area (Å²) in [5.74, 6) is -0.220. The Kier molecular flexibility index (Phi) is 6.28. The summed E-state index contributed by atoms with van der Waals surface area (Å²) in [5, 5.41) is 1.31. The molecule has 0 radical (unpaired) electrons. The number of nitrogens with zero attached hydrogens (tertiary/aromatic N) is 2. The minimum atomic E-state index is -0.230. The number of carbonyl (C=O) groups excluding carboxylic acids is 2. The van der Waals surface area contributed by atoms with Crippen LogP contribution in [0.4, 0.5) is 0 Å². The number of aromatic amines is 1. The molecule has 8 heteroatoms. The van der Waals surface area contributed by atoms with Gasteiger partial charge in [-0.3, -0.25) is 19.0 Å². The number of nitrogens with one attached hydrogen (secondary N) is 1. The lowest BCUT2D eigenvalue weighted by molar-refractivity contribution is 0.101. The third-order valence-electron chi connectivity index (χ3n) is 5.56. The number of H-pyrrole nitrogens is 1. The summed E-state index contributed by atoms with van der Waals surface area (Å²) in [7, 11) is 0. The number of halogens is 1. The van der Waals surface area contributed by atoms with Gasteiger partial charge in [0.25, 0.3) is 5.56 Å². The molecule has 0 fully saturated rings. The molecule has 4 aromatic rings. The fourth-order valence-electron chi connectivity index (χ4n) is 4.02. The van der Waals surface area contributed by atoms with Gasteiger partial charge in [-0.05, 0) is 63.1 Å². The van der Waals surface area contributed by atoms with Crippen molar-refractivity contribution in [2.45, 2.75) is 32.9 Å². The van der Waals surface area contributed by atoms with Gasteiger partial charge >= 0.3 is 0 Å². The van der Waals surface area contributed by atoms with Gasteiger partial charge in [0.05, 0.1) is 28.0 Å². The van der Waals surface area contributed by atoms with Crippen LogP contribution >= 0.6 is 23.4 Å². The molecule has 0 bridgehead atoms. The fraction of sp³-hybridized carbons (Fsp3) is 0.200. The van der Waals surface area contributed by atoms with E-state index < -0.39 is 0 Å². The molecule has 1 N–H and O–H groups in total. The molecular formula is C25H22ClN3O3S. The largest absolute Gasteiger partial charge is 0.355 e. The second kappa shape index (κ2) is 9.00. The van der Waals surface area contributed by atoms with E-state index in [-0.39, 0.29) is 22.9 Å². The maximum Gasteiger partial charge on any atom is 0.266 e. The molecule has 33 heavy (non-hydrogen) atoms. The first-order chi connectivity index (χ1) is 15.7. The number of aromatic nitrogens is 3. The van der Waals surface area contributed by atoms with Crippen LogP contribution in [0.5, 0.6) is 0 Å². The molecule has 0 saturated heterocycles. The number of thioether (sulfide) groups is 1. The number of Topliss-reactive ketones (excluding diaryl/α,β-unsaturated/α-hetero) is 2. The van der Waals surface area contributed by atoms with Crippen LogP contribution in [-0.4, -0.2) is 31.9 Å². The van der Waals surface area contributed by atoms with E-state index in [1.54, 1.807) is 32.0 Å². The number of aryl methyl sites for hydroxylation is 2. The molecule has 168 valence electrons. The first-order valence-corrected chi connectivity index (χ1v) is 11.7. The quantitative estimate of drug-likeness (QED) is 0.225. The van der Waals surface area contributed by atoms with Gasteiger partial charge in [0.2, 0.25) is 0 Å². The van der Waals surface area contributed by atoms with Crippen LogP contribution in [0.1, 0.15) is 44.6 Å². The van der Waals surface area contributed by atoms with Crippen molar-refractivity contribution >= 4 is 45.8 Å². The molecule has 2 heterocycles. The lowest BCUT2D eigenvalue weighted by Gasteiger charge is -2.15. The van der Waals surface area contributed by atoms with Crippen LogP contribution in [-0.2, 0) is 0 Å². The lowest BCUT2D eigenvalue weighted by atomic mass is 10.1. The van der Waals surface area contributed by atoms with E-state index in [1.165, 1.54) is 23.3 Å². The standard InChI is InChI=1S/C25H22ClN3O3S/c1-13-7-5-6-8-20(13)29-24(32)18-10-9-17(26)11-19(18)28-25(29)33-12-21(31)23-14(2)22(16(4)30)15(3)27-23/h5-11,27H,12H2,1-4H3. The van der Waals surface area contributed by atoms with Crippen molar-refractivity contribution in [1.29, 1.82) is 0 Å². The molecule has 2 aromatic heterocycles. The van der Waals surface area contributed by atoms with E-state index in [0.29, 0.717) is 49.3 Å². The summed E-state index contributed by atoms with van der Waals surface area (Å²) in [4.78, 5) is 46.1. The summed E-state index contributed by atoms with van der Waals surface area (Å²) in [5.41, 5.74) is 4.10. The smallest absolute Gasteiger partial charge is 0.266 e. The van der Waals surface area contributed by atoms with Gasteiger partial charge < -0.3 is 4.98 Å². The number of hydrogen-bond acceptors (Lipinski definition) is 5. The molecule has 0 unspecified atom stereocenters. The summed E-state index contributed by atoms with van der Waals surface area (Å²) in [6.07, 6.45) is 0. The molecule has 4 rings (SSSR count). The molecule has 0 spiro atoms. The molecule has 0 amide bonds. The van der Waals surface area contributed by atoms with Crippen LogP contribution in [0.2, 0.25) is 5.02 Å². The van der Waals surface area contributed by atoms with Crippen LogP contribution in [0.25, 0.3) is 16.6 Å². The topological polar surface area (TPSA) is 84.8 Å². The molecule has 0 atom stereocenters. The Balaban J connectivity index is 1.79. The Hall–Kier alpha value is -3.16. The Labute approximate surface area is 200 Å². The predicted molar refractivity (Wildman–Crippen MR) is 132 cm³/mol. The second-order valence-corrected chi connectivity index (χ2v) is 9.25. The van der Waals surface area contributed by atoms with Crippen LogP contribution in [0.15, 0.2) is 52.4 Å². The van der Waals surface area contributed by atoms with Crippen LogP contribution in [0.3, 0.4) is 0 Å². The zero-order valence-corrected chi connectivity index (χ0v) is 20.2. The zero-order chi connectivity index (χ0) is 23.9. The molecule has 0 saturated carbocycles. The number of rotatable bonds is 6.